The van der Waals surface area contributed by atoms with Gasteiger partial charge in [-0.1, -0.05) is 25.7 Å². The van der Waals surface area contributed by atoms with Crippen LogP contribution in [0, 0.1) is 5.92 Å². The summed E-state index contributed by atoms with van der Waals surface area (Å²) in [6.45, 7) is 6.42. The summed E-state index contributed by atoms with van der Waals surface area (Å²) in [5, 5.41) is 3.65. The number of nitrogens with one attached hydrogen (secondary N) is 1. The van der Waals surface area contributed by atoms with Crippen molar-refractivity contribution >= 4 is 0 Å². The lowest BCUT2D eigenvalue weighted by molar-refractivity contribution is 0.281. The first-order valence-electron chi connectivity index (χ1n) is 7.38. The molecule has 2 heteroatoms. The standard InChI is InChI=1S/C14H28N2/c1-2-6-11-16(10-5-1)12-9-15-13-14-7-3-4-8-14/h14-15H,1-13H2. The van der Waals surface area contributed by atoms with E-state index in [0.29, 0.717) is 0 Å². The average molecular weight is 224 g/mol. The van der Waals surface area contributed by atoms with Crippen LogP contribution in [0.4, 0.5) is 0 Å². The summed E-state index contributed by atoms with van der Waals surface area (Å²) in [6, 6.07) is 0. The van der Waals surface area contributed by atoms with E-state index in [4.69, 9.17) is 0 Å². The van der Waals surface area contributed by atoms with Crippen LogP contribution in [0.15, 0.2) is 0 Å². The Kier molecular flexibility index (Phi) is 5.64. The molecule has 1 heterocycles. The van der Waals surface area contributed by atoms with E-state index in [1.165, 1.54) is 84.1 Å². The minimum absolute atomic E-state index is 0.990. The summed E-state index contributed by atoms with van der Waals surface area (Å²) in [5.74, 6) is 0.990. The van der Waals surface area contributed by atoms with Gasteiger partial charge in [-0.05, 0) is 51.2 Å². The molecule has 94 valence electrons. The molecule has 0 spiro atoms. The SMILES string of the molecule is C1CCCN(CCNCC2CCCC2)CC1. The molecule has 1 aliphatic heterocycles. The van der Waals surface area contributed by atoms with Crippen LogP contribution in [-0.4, -0.2) is 37.6 Å². The molecule has 0 unspecified atom stereocenters. The van der Waals surface area contributed by atoms with Crippen molar-refractivity contribution in [3.8, 4) is 0 Å². The van der Waals surface area contributed by atoms with Crippen LogP contribution >= 0.6 is 0 Å². The Morgan fingerprint density at radius 2 is 1.56 bits per heavy atom. The highest BCUT2D eigenvalue weighted by atomic mass is 15.1. The molecule has 16 heavy (non-hydrogen) atoms. The fraction of sp³-hybridized carbons (Fsp3) is 1.00. The topological polar surface area (TPSA) is 15.3 Å². The van der Waals surface area contributed by atoms with Gasteiger partial charge < -0.3 is 10.2 Å². The molecular formula is C14H28N2. The highest BCUT2D eigenvalue weighted by molar-refractivity contribution is 4.70. The third-order valence-corrected chi connectivity index (χ3v) is 4.21. The summed E-state index contributed by atoms with van der Waals surface area (Å²) in [5.41, 5.74) is 0. The molecule has 0 aromatic rings. The van der Waals surface area contributed by atoms with Crippen LogP contribution in [-0.2, 0) is 0 Å². The van der Waals surface area contributed by atoms with E-state index >= 15 is 0 Å². The van der Waals surface area contributed by atoms with Crippen molar-refractivity contribution in [2.24, 2.45) is 5.92 Å². The van der Waals surface area contributed by atoms with Crippen LogP contribution in [0.3, 0.4) is 0 Å². The number of rotatable bonds is 5. The summed E-state index contributed by atoms with van der Waals surface area (Å²) >= 11 is 0. The Hall–Kier alpha value is -0.0800. The largest absolute Gasteiger partial charge is 0.315 e. The molecule has 1 saturated carbocycles. The maximum Gasteiger partial charge on any atom is 0.0107 e. The Balaban J connectivity index is 1.49. The number of hydrogen-bond donors (Lipinski definition) is 1. The second kappa shape index (κ2) is 7.29. The second-order valence-corrected chi connectivity index (χ2v) is 5.61. The maximum absolute atomic E-state index is 3.65. The predicted octanol–water partition coefficient (Wildman–Crippen LogP) is 2.64. The maximum atomic E-state index is 3.65. The van der Waals surface area contributed by atoms with E-state index in [-0.39, 0.29) is 0 Å². The molecule has 2 nitrogen and oxygen atoms in total. The van der Waals surface area contributed by atoms with Gasteiger partial charge in [-0.25, -0.2) is 0 Å². The lowest BCUT2D eigenvalue weighted by Crippen LogP contribution is -2.34. The van der Waals surface area contributed by atoms with E-state index in [2.05, 4.69) is 10.2 Å². The second-order valence-electron chi connectivity index (χ2n) is 5.61. The molecule has 0 aromatic heterocycles. The minimum atomic E-state index is 0.990. The number of hydrogen-bond acceptors (Lipinski definition) is 2. The summed E-state index contributed by atoms with van der Waals surface area (Å²) in [6.07, 6.45) is 11.6. The smallest absolute Gasteiger partial charge is 0.0107 e. The molecule has 0 aromatic carbocycles. The normalized spacial score (nSPS) is 24.8. The van der Waals surface area contributed by atoms with E-state index in [1.807, 2.05) is 0 Å². The van der Waals surface area contributed by atoms with Gasteiger partial charge in [0.2, 0.25) is 0 Å². The van der Waals surface area contributed by atoms with Crippen molar-refractivity contribution in [3.05, 3.63) is 0 Å². The van der Waals surface area contributed by atoms with Gasteiger partial charge in [0.15, 0.2) is 0 Å². The number of nitrogens with zero attached hydrogens (tertiary/aromatic N) is 1. The highest BCUT2D eigenvalue weighted by Gasteiger charge is 2.14. The number of likely N-dealkylation sites (tertiary alicyclic amines) is 1. The van der Waals surface area contributed by atoms with Crippen LogP contribution < -0.4 is 5.32 Å². The first-order chi connectivity index (χ1) is 7.95. The van der Waals surface area contributed by atoms with Crippen LogP contribution in [0.25, 0.3) is 0 Å². The van der Waals surface area contributed by atoms with E-state index < -0.39 is 0 Å². The molecule has 2 fully saturated rings. The molecule has 2 rings (SSSR count). The third kappa shape index (κ3) is 4.42. The minimum Gasteiger partial charge on any atom is -0.315 e. The first kappa shape index (κ1) is 12.4. The first-order valence-corrected chi connectivity index (χ1v) is 7.38. The lowest BCUT2D eigenvalue weighted by Gasteiger charge is -2.20. The molecular weight excluding hydrogens is 196 g/mol. The van der Waals surface area contributed by atoms with Crippen molar-refractivity contribution in [1.82, 2.24) is 10.2 Å². The van der Waals surface area contributed by atoms with Gasteiger partial charge in [-0.3, -0.25) is 0 Å². The molecule has 1 N–H and O–H groups in total. The van der Waals surface area contributed by atoms with Gasteiger partial charge in [0.25, 0.3) is 0 Å². The molecule has 2 aliphatic rings. The Morgan fingerprint density at radius 3 is 2.25 bits per heavy atom. The molecule has 0 bridgehead atoms. The van der Waals surface area contributed by atoms with Gasteiger partial charge >= 0.3 is 0 Å². The summed E-state index contributed by atoms with van der Waals surface area (Å²) in [7, 11) is 0. The third-order valence-electron chi connectivity index (χ3n) is 4.21. The van der Waals surface area contributed by atoms with Crippen molar-refractivity contribution in [3.63, 3.8) is 0 Å². The highest BCUT2D eigenvalue weighted by Crippen LogP contribution is 2.23. The van der Waals surface area contributed by atoms with Gasteiger partial charge in [-0.2, -0.15) is 0 Å². The molecule has 1 aliphatic carbocycles. The quantitative estimate of drug-likeness (QED) is 0.722. The van der Waals surface area contributed by atoms with Crippen LogP contribution in [0.2, 0.25) is 0 Å². The molecule has 0 atom stereocenters. The molecule has 1 saturated heterocycles. The zero-order valence-corrected chi connectivity index (χ0v) is 10.7. The van der Waals surface area contributed by atoms with Gasteiger partial charge in [0, 0.05) is 13.1 Å². The van der Waals surface area contributed by atoms with Gasteiger partial charge in [-0.15, -0.1) is 0 Å². The monoisotopic (exact) mass is 224 g/mol. The van der Waals surface area contributed by atoms with E-state index in [9.17, 15) is 0 Å². The summed E-state index contributed by atoms with van der Waals surface area (Å²) in [4.78, 5) is 2.65. The molecule has 0 radical (unpaired) electrons. The molecule has 0 amide bonds. The summed E-state index contributed by atoms with van der Waals surface area (Å²) < 4.78 is 0. The zero-order chi connectivity index (χ0) is 11.1. The average Bonchev–Trinajstić information content (AvgIpc) is 2.68. The van der Waals surface area contributed by atoms with Crippen molar-refractivity contribution in [2.75, 3.05) is 32.7 Å². The van der Waals surface area contributed by atoms with Crippen LogP contribution in [0.5, 0.6) is 0 Å². The Morgan fingerprint density at radius 1 is 0.875 bits per heavy atom. The fourth-order valence-electron chi connectivity index (χ4n) is 3.12. The fourth-order valence-corrected chi connectivity index (χ4v) is 3.12. The Labute approximate surface area is 101 Å². The van der Waals surface area contributed by atoms with E-state index in [1.54, 1.807) is 0 Å². The van der Waals surface area contributed by atoms with Crippen molar-refractivity contribution in [2.45, 2.75) is 51.4 Å². The van der Waals surface area contributed by atoms with Gasteiger partial charge in [0.1, 0.15) is 0 Å². The van der Waals surface area contributed by atoms with Gasteiger partial charge in [0.05, 0.1) is 0 Å². The van der Waals surface area contributed by atoms with Crippen molar-refractivity contribution in [1.29, 1.82) is 0 Å². The predicted molar refractivity (Wildman–Crippen MR) is 69.7 cm³/mol. The zero-order valence-electron chi connectivity index (χ0n) is 10.7. The lowest BCUT2D eigenvalue weighted by atomic mass is 10.1. The van der Waals surface area contributed by atoms with E-state index in [0.717, 1.165) is 5.92 Å². The van der Waals surface area contributed by atoms with Crippen molar-refractivity contribution < 1.29 is 0 Å². The Bertz CT molecular complexity index is 168. The van der Waals surface area contributed by atoms with Crippen LogP contribution in [0.1, 0.15) is 51.4 Å².